The Balaban J connectivity index is 1.47. The fourth-order valence-corrected chi connectivity index (χ4v) is 2.98. The molecular weight excluding hydrogens is 344 g/mol. The Kier molecular flexibility index (Phi) is 6.30. The van der Waals surface area contributed by atoms with E-state index in [1.165, 1.54) is 4.90 Å². The quantitative estimate of drug-likeness (QED) is 0.672. The van der Waals surface area contributed by atoms with Crippen molar-refractivity contribution in [1.29, 1.82) is 0 Å². The second-order valence-corrected chi connectivity index (χ2v) is 6.46. The highest BCUT2D eigenvalue weighted by atomic mass is 16.6. The van der Waals surface area contributed by atoms with Gasteiger partial charge < -0.3 is 14.4 Å². The lowest BCUT2D eigenvalue weighted by atomic mass is 10.1. The number of nitrogens with zero attached hydrogens (tertiary/aromatic N) is 2. The molecular formula is C21H24N2O4. The highest BCUT2D eigenvalue weighted by Gasteiger charge is 2.35. The summed E-state index contributed by atoms with van der Waals surface area (Å²) < 4.78 is 10.8. The van der Waals surface area contributed by atoms with Crippen molar-refractivity contribution >= 4 is 12.0 Å². The highest BCUT2D eigenvalue weighted by molar-refractivity contribution is 5.83. The number of benzene rings is 2. The van der Waals surface area contributed by atoms with Crippen LogP contribution in [0.5, 0.6) is 5.75 Å². The molecule has 1 atom stereocenters. The van der Waals surface area contributed by atoms with Gasteiger partial charge in [0.05, 0.1) is 12.6 Å². The number of ether oxygens (including phenoxy) is 2. The maximum atomic E-state index is 12.5. The third-order valence-corrected chi connectivity index (χ3v) is 4.54. The molecule has 2 aromatic rings. The van der Waals surface area contributed by atoms with Gasteiger partial charge in [-0.15, -0.1) is 0 Å². The minimum atomic E-state index is -0.446. The zero-order valence-corrected chi connectivity index (χ0v) is 15.4. The lowest BCUT2D eigenvalue weighted by molar-refractivity contribution is -0.130. The molecule has 2 amide bonds. The summed E-state index contributed by atoms with van der Waals surface area (Å²) in [6, 6.07) is 19.0. The molecule has 0 bridgehead atoms. The van der Waals surface area contributed by atoms with E-state index >= 15 is 0 Å². The molecule has 0 aromatic heterocycles. The molecule has 0 spiro atoms. The summed E-state index contributed by atoms with van der Waals surface area (Å²) in [5.41, 5.74) is 0.968. The Hall–Kier alpha value is -3.02. The Morgan fingerprint density at radius 1 is 1.15 bits per heavy atom. The first-order chi connectivity index (χ1) is 13.1. The van der Waals surface area contributed by atoms with Crippen molar-refractivity contribution in [2.75, 3.05) is 33.4 Å². The smallest absolute Gasteiger partial charge is 0.410 e. The molecule has 1 saturated heterocycles. The number of hydrogen-bond acceptors (Lipinski definition) is 4. The van der Waals surface area contributed by atoms with E-state index in [0.29, 0.717) is 19.6 Å². The molecule has 0 radical (unpaired) electrons. The number of hydrogen-bond donors (Lipinski definition) is 0. The van der Waals surface area contributed by atoms with Crippen molar-refractivity contribution in [3.63, 3.8) is 0 Å². The van der Waals surface area contributed by atoms with Crippen LogP contribution in [0.3, 0.4) is 0 Å². The van der Waals surface area contributed by atoms with Crippen molar-refractivity contribution in [2.24, 2.45) is 0 Å². The molecule has 1 aliphatic rings. The molecule has 0 N–H and O–H groups in total. The van der Waals surface area contributed by atoms with Crippen LogP contribution in [-0.4, -0.2) is 55.2 Å². The number of cyclic esters (lactones) is 1. The van der Waals surface area contributed by atoms with Crippen LogP contribution in [0.1, 0.15) is 18.0 Å². The summed E-state index contributed by atoms with van der Waals surface area (Å²) in [6.45, 7) is 1.36. The summed E-state index contributed by atoms with van der Waals surface area (Å²) in [4.78, 5) is 27.7. The monoisotopic (exact) mass is 368 g/mol. The third kappa shape index (κ3) is 5.00. The van der Waals surface area contributed by atoms with Crippen molar-refractivity contribution in [3.8, 4) is 5.75 Å². The van der Waals surface area contributed by atoms with Crippen LogP contribution in [0, 0.1) is 0 Å². The van der Waals surface area contributed by atoms with Gasteiger partial charge in [-0.05, 0) is 24.1 Å². The molecule has 0 saturated carbocycles. The number of amides is 2. The average molecular weight is 368 g/mol. The molecule has 0 aliphatic carbocycles. The molecule has 1 fully saturated rings. The van der Waals surface area contributed by atoms with Crippen LogP contribution in [0.15, 0.2) is 60.7 Å². The SMILES string of the molecule is CN(CCCOc1ccccc1)C(=O)CN1C(=O)OC[C@@H]1c1ccccc1. The van der Waals surface area contributed by atoms with E-state index in [2.05, 4.69) is 0 Å². The van der Waals surface area contributed by atoms with Crippen LogP contribution >= 0.6 is 0 Å². The summed E-state index contributed by atoms with van der Waals surface area (Å²) >= 11 is 0. The maximum Gasteiger partial charge on any atom is 0.410 e. The predicted molar refractivity (Wildman–Crippen MR) is 101 cm³/mol. The predicted octanol–water partition coefficient (Wildman–Crippen LogP) is 3.11. The Morgan fingerprint density at radius 2 is 1.81 bits per heavy atom. The summed E-state index contributed by atoms with van der Waals surface area (Å²) in [7, 11) is 1.74. The lowest BCUT2D eigenvalue weighted by Gasteiger charge is -2.24. The number of likely N-dealkylation sites (N-methyl/N-ethyl adjacent to an activating group) is 1. The van der Waals surface area contributed by atoms with E-state index in [4.69, 9.17) is 9.47 Å². The zero-order chi connectivity index (χ0) is 19.1. The first-order valence-corrected chi connectivity index (χ1v) is 9.05. The first kappa shape index (κ1) is 18.8. The van der Waals surface area contributed by atoms with Crippen LogP contribution in [0.2, 0.25) is 0 Å². The summed E-state index contributed by atoms with van der Waals surface area (Å²) in [6.07, 6.45) is 0.266. The Morgan fingerprint density at radius 3 is 2.52 bits per heavy atom. The second-order valence-electron chi connectivity index (χ2n) is 6.46. The first-order valence-electron chi connectivity index (χ1n) is 9.05. The van der Waals surface area contributed by atoms with E-state index in [-0.39, 0.29) is 25.1 Å². The van der Waals surface area contributed by atoms with Gasteiger partial charge in [-0.25, -0.2) is 4.79 Å². The maximum absolute atomic E-state index is 12.5. The normalized spacial score (nSPS) is 16.1. The van der Waals surface area contributed by atoms with Gasteiger partial charge in [-0.3, -0.25) is 9.69 Å². The van der Waals surface area contributed by atoms with Gasteiger partial charge in [0.2, 0.25) is 5.91 Å². The Labute approximate surface area is 159 Å². The van der Waals surface area contributed by atoms with E-state index in [1.54, 1.807) is 11.9 Å². The molecule has 142 valence electrons. The van der Waals surface area contributed by atoms with E-state index < -0.39 is 6.09 Å². The van der Waals surface area contributed by atoms with Crippen LogP contribution in [-0.2, 0) is 9.53 Å². The molecule has 2 aromatic carbocycles. The van der Waals surface area contributed by atoms with Gasteiger partial charge in [0.25, 0.3) is 0 Å². The van der Waals surface area contributed by atoms with Crippen LogP contribution in [0.4, 0.5) is 4.79 Å². The van der Waals surface area contributed by atoms with Crippen molar-refractivity contribution in [2.45, 2.75) is 12.5 Å². The molecule has 1 heterocycles. The van der Waals surface area contributed by atoms with Gasteiger partial charge in [-0.2, -0.15) is 0 Å². The molecule has 6 nitrogen and oxygen atoms in total. The van der Waals surface area contributed by atoms with Gasteiger partial charge in [0.15, 0.2) is 0 Å². The topological polar surface area (TPSA) is 59.1 Å². The molecule has 6 heteroatoms. The minimum Gasteiger partial charge on any atom is -0.494 e. The highest BCUT2D eigenvalue weighted by Crippen LogP contribution is 2.27. The lowest BCUT2D eigenvalue weighted by Crippen LogP contribution is -2.40. The fourth-order valence-electron chi connectivity index (χ4n) is 2.98. The molecule has 1 aliphatic heterocycles. The standard InChI is InChI=1S/C21H24N2O4/c1-22(13-8-14-26-18-11-6-3-7-12-18)20(24)15-23-19(16-27-21(23)25)17-9-4-2-5-10-17/h2-7,9-12,19H,8,13-16H2,1H3/t19-/m1/s1. The average Bonchev–Trinajstić information content (AvgIpc) is 3.07. The van der Waals surface area contributed by atoms with Crippen LogP contribution in [0.25, 0.3) is 0 Å². The van der Waals surface area contributed by atoms with E-state index in [9.17, 15) is 9.59 Å². The minimum absolute atomic E-state index is 0.00837. The molecule has 0 unspecified atom stereocenters. The van der Waals surface area contributed by atoms with Crippen molar-refractivity contribution in [3.05, 3.63) is 66.2 Å². The van der Waals surface area contributed by atoms with E-state index in [1.807, 2.05) is 60.7 Å². The van der Waals surface area contributed by atoms with E-state index in [0.717, 1.165) is 11.3 Å². The van der Waals surface area contributed by atoms with Crippen molar-refractivity contribution in [1.82, 2.24) is 9.80 Å². The molecule has 27 heavy (non-hydrogen) atoms. The van der Waals surface area contributed by atoms with Gasteiger partial charge in [-0.1, -0.05) is 48.5 Å². The Bertz CT molecular complexity index is 751. The largest absolute Gasteiger partial charge is 0.494 e. The summed E-state index contributed by atoms with van der Waals surface area (Å²) in [5.74, 6) is 0.700. The van der Waals surface area contributed by atoms with Gasteiger partial charge in [0.1, 0.15) is 18.9 Å². The number of carbonyl (C=O) groups excluding carboxylic acids is 2. The number of carbonyl (C=O) groups is 2. The zero-order valence-electron chi connectivity index (χ0n) is 15.4. The third-order valence-electron chi connectivity index (χ3n) is 4.54. The number of rotatable bonds is 8. The second kappa shape index (κ2) is 9.07. The molecule has 3 rings (SSSR count). The van der Waals surface area contributed by atoms with Gasteiger partial charge in [0, 0.05) is 13.6 Å². The summed E-state index contributed by atoms with van der Waals surface area (Å²) in [5, 5.41) is 0. The number of para-hydroxylation sites is 1. The van der Waals surface area contributed by atoms with Crippen LogP contribution < -0.4 is 4.74 Å². The van der Waals surface area contributed by atoms with Gasteiger partial charge >= 0.3 is 6.09 Å². The fraction of sp³-hybridized carbons (Fsp3) is 0.333. The van der Waals surface area contributed by atoms with Crippen molar-refractivity contribution < 1.29 is 19.1 Å².